The van der Waals surface area contributed by atoms with E-state index < -0.39 is 0 Å². The fourth-order valence-electron chi connectivity index (χ4n) is 2.16. The third kappa shape index (κ3) is 6.83. The first-order chi connectivity index (χ1) is 11.8. The molecule has 6 nitrogen and oxygen atoms in total. The van der Waals surface area contributed by atoms with Crippen LogP contribution in [0.25, 0.3) is 0 Å². The van der Waals surface area contributed by atoms with Crippen LogP contribution in [0.3, 0.4) is 0 Å². The second kappa shape index (κ2) is 10.4. The highest BCUT2D eigenvalue weighted by molar-refractivity contribution is 5.79. The van der Waals surface area contributed by atoms with Crippen molar-refractivity contribution >= 4 is 5.96 Å². The zero-order chi connectivity index (χ0) is 17.0. The summed E-state index contributed by atoms with van der Waals surface area (Å²) in [5.74, 6) is 1.20. The first-order valence-electron chi connectivity index (χ1n) is 8.40. The van der Waals surface area contributed by atoms with Crippen molar-refractivity contribution in [3.8, 4) is 0 Å². The molecule has 1 aromatic carbocycles. The van der Waals surface area contributed by atoms with E-state index in [1.807, 2.05) is 24.3 Å². The third-order valence-electron chi connectivity index (χ3n) is 3.44. The molecule has 6 heteroatoms. The zero-order valence-electron chi connectivity index (χ0n) is 14.5. The van der Waals surface area contributed by atoms with Gasteiger partial charge in [0, 0.05) is 19.3 Å². The van der Waals surface area contributed by atoms with E-state index in [9.17, 15) is 0 Å². The quantitative estimate of drug-likeness (QED) is 0.487. The van der Waals surface area contributed by atoms with E-state index in [1.165, 1.54) is 5.56 Å². The van der Waals surface area contributed by atoms with E-state index in [4.69, 9.17) is 4.74 Å². The lowest BCUT2D eigenvalue weighted by molar-refractivity contribution is 0.0931. The molecule has 2 aromatic rings. The fraction of sp³-hybridized carbons (Fsp3) is 0.444. The Kier molecular flexibility index (Phi) is 7.83. The summed E-state index contributed by atoms with van der Waals surface area (Å²) < 4.78 is 5.78. The van der Waals surface area contributed by atoms with Crippen LogP contribution in [-0.4, -0.2) is 35.9 Å². The Bertz CT molecular complexity index is 583. The van der Waals surface area contributed by atoms with Crippen LogP contribution < -0.4 is 10.6 Å². The molecule has 0 spiro atoms. The van der Waals surface area contributed by atoms with Gasteiger partial charge < -0.3 is 15.4 Å². The lowest BCUT2D eigenvalue weighted by atomic mass is 10.2. The molecule has 0 fully saturated rings. The van der Waals surface area contributed by atoms with Crippen LogP contribution in [0, 0.1) is 5.92 Å². The van der Waals surface area contributed by atoms with Crippen molar-refractivity contribution in [3.05, 3.63) is 53.9 Å². The van der Waals surface area contributed by atoms with Gasteiger partial charge in [-0.2, -0.15) is 5.10 Å². The average Bonchev–Trinajstić information content (AvgIpc) is 3.12. The van der Waals surface area contributed by atoms with Crippen molar-refractivity contribution in [2.24, 2.45) is 10.9 Å². The van der Waals surface area contributed by atoms with Gasteiger partial charge in [0.1, 0.15) is 0 Å². The SMILES string of the molecule is CCNC(=NCc1ccn[nH]1)NCC(C)COCc1ccccc1. The standard InChI is InChI=1S/C18H27N5O/c1-3-19-18(21-12-17-9-10-22-23-17)20-11-15(2)13-24-14-16-7-5-4-6-8-16/h4-10,15H,3,11-14H2,1-2H3,(H,22,23)(H2,19,20,21). The smallest absolute Gasteiger partial charge is 0.191 e. The molecule has 0 saturated heterocycles. The van der Waals surface area contributed by atoms with E-state index in [-0.39, 0.29) is 0 Å². The summed E-state index contributed by atoms with van der Waals surface area (Å²) in [5, 5.41) is 13.4. The minimum absolute atomic E-state index is 0.393. The maximum atomic E-state index is 5.78. The molecule has 130 valence electrons. The van der Waals surface area contributed by atoms with Gasteiger partial charge >= 0.3 is 0 Å². The average molecular weight is 329 g/mol. The monoisotopic (exact) mass is 329 g/mol. The fourth-order valence-corrected chi connectivity index (χ4v) is 2.16. The molecule has 0 aliphatic heterocycles. The van der Waals surface area contributed by atoms with Crippen molar-refractivity contribution < 1.29 is 4.74 Å². The molecule has 0 aliphatic carbocycles. The van der Waals surface area contributed by atoms with E-state index in [0.29, 0.717) is 25.7 Å². The van der Waals surface area contributed by atoms with Crippen molar-refractivity contribution in [1.29, 1.82) is 0 Å². The van der Waals surface area contributed by atoms with Gasteiger partial charge in [-0.3, -0.25) is 5.10 Å². The molecule has 1 atom stereocenters. The molecule has 24 heavy (non-hydrogen) atoms. The second-order valence-electron chi connectivity index (χ2n) is 5.76. The molecule has 1 aromatic heterocycles. The number of guanidine groups is 1. The number of aromatic nitrogens is 2. The minimum Gasteiger partial charge on any atom is -0.376 e. The summed E-state index contributed by atoms with van der Waals surface area (Å²) in [4.78, 5) is 4.54. The first-order valence-corrected chi connectivity index (χ1v) is 8.40. The molecule has 0 amide bonds. The van der Waals surface area contributed by atoms with Crippen LogP contribution in [0.15, 0.2) is 47.6 Å². The maximum absolute atomic E-state index is 5.78. The van der Waals surface area contributed by atoms with Gasteiger partial charge in [-0.1, -0.05) is 37.3 Å². The first kappa shape index (κ1) is 18.0. The van der Waals surface area contributed by atoms with Crippen molar-refractivity contribution in [3.63, 3.8) is 0 Å². The number of benzene rings is 1. The minimum atomic E-state index is 0.393. The predicted molar refractivity (Wildman–Crippen MR) is 96.7 cm³/mol. The number of ether oxygens (including phenoxy) is 1. The molecule has 1 heterocycles. The number of rotatable bonds is 9. The molecule has 1 unspecified atom stereocenters. The topological polar surface area (TPSA) is 74.3 Å². The Hall–Kier alpha value is -2.34. The molecule has 0 saturated carbocycles. The van der Waals surface area contributed by atoms with E-state index in [1.54, 1.807) is 6.20 Å². The molecular weight excluding hydrogens is 302 g/mol. The normalized spacial score (nSPS) is 12.8. The lowest BCUT2D eigenvalue weighted by Crippen LogP contribution is -2.40. The molecule has 2 rings (SSSR count). The number of hydrogen-bond acceptors (Lipinski definition) is 3. The van der Waals surface area contributed by atoms with Gasteiger partial charge in [0.15, 0.2) is 5.96 Å². The number of hydrogen-bond donors (Lipinski definition) is 3. The van der Waals surface area contributed by atoms with Gasteiger partial charge in [0.05, 0.1) is 25.5 Å². The van der Waals surface area contributed by atoms with Gasteiger partial charge in [-0.05, 0) is 24.5 Å². The van der Waals surface area contributed by atoms with Gasteiger partial charge in [-0.15, -0.1) is 0 Å². The predicted octanol–water partition coefficient (Wildman–Crippen LogP) is 2.32. The number of aliphatic imine (C=N–C) groups is 1. The molecule has 0 radical (unpaired) electrons. The molecule has 0 bridgehead atoms. The number of nitrogens with one attached hydrogen (secondary N) is 3. The van der Waals surface area contributed by atoms with Gasteiger partial charge in [0.2, 0.25) is 0 Å². The summed E-state index contributed by atoms with van der Waals surface area (Å²) >= 11 is 0. The summed E-state index contributed by atoms with van der Waals surface area (Å²) in [6, 6.07) is 12.2. The number of nitrogens with zero attached hydrogens (tertiary/aromatic N) is 2. The maximum Gasteiger partial charge on any atom is 0.191 e. The Labute approximate surface area is 143 Å². The Morgan fingerprint density at radius 3 is 2.79 bits per heavy atom. The van der Waals surface area contributed by atoms with Crippen LogP contribution in [0.5, 0.6) is 0 Å². The largest absolute Gasteiger partial charge is 0.376 e. The Balaban J connectivity index is 1.69. The van der Waals surface area contributed by atoms with Crippen molar-refractivity contribution in [2.45, 2.75) is 27.0 Å². The van der Waals surface area contributed by atoms with Crippen molar-refractivity contribution in [1.82, 2.24) is 20.8 Å². The lowest BCUT2D eigenvalue weighted by Gasteiger charge is -2.16. The highest BCUT2D eigenvalue weighted by Crippen LogP contribution is 2.03. The molecule has 0 aliphatic rings. The molecule has 3 N–H and O–H groups in total. The third-order valence-corrected chi connectivity index (χ3v) is 3.44. The van der Waals surface area contributed by atoms with Crippen LogP contribution in [0.4, 0.5) is 0 Å². The van der Waals surface area contributed by atoms with E-state index >= 15 is 0 Å². The van der Waals surface area contributed by atoms with Crippen LogP contribution >= 0.6 is 0 Å². The number of aromatic amines is 1. The number of H-pyrrole nitrogens is 1. The van der Waals surface area contributed by atoms with Gasteiger partial charge in [-0.25, -0.2) is 4.99 Å². The van der Waals surface area contributed by atoms with E-state index in [2.05, 4.69) is 51.8 Å². The van der Waals surface area contributed by atoms with Crippen LogP contribution in [0.1, 0.15) is 25.1 Å². The van der Waals surface area contributed by atoms with E-state index in [0.717, 1.165) is 24.7 Å². The summed E-state index contributed by atoms with van der Waals surface area (Å²) in [6.45, 7) is 7.79. The summed E-state index contributed by atoms with van der Waals surface area (Å²) in [6.07, 6.45) is 1.73. The highest BCUT2D eigenvalue weighted by atomic mass is 16.5. The Morgan fingerprint density at radius 2 is 2.08 bits per heavy atom. The van der Waals surface area contributed by atoms with Crippen LogP contribution in [0.2, 0.25) is 0 Å². The van der Waals surface area contributed by atoms with Crippen molar-refractivity contribution in [2.75, 3.05) is 19.7 Å². The summed E-state index contributed by atoms with van der Waals surface area (Å²) in [5.41, 5.74) is 2.19. The zero-order valence-corrected chi connectivity index (χ0v) is 14.5. The highest BCUT2D eigenvalue weighted by Gasteiger charge is 2.05. The second-order valence-corrected chi connectivity index (χ2v) is 5.76. The van der Waals surface area contributed by atoms with Gasteiger partial charge in [0.25, 0.3) is 0 Å². The summed E-state index contributed by atoms with van der Waals surface area (Å²) in [7, 11) is 0. The molecular formula is C18H27N5O. The Morgan fingerprint density at radius 1 is 1.25 bits per heavy atom. The van der Waals surface area contributed by atoms with Crippen LogP contribution in [-0.2, 0) is 17.9 Å².